The van der Waals surface area contributed by atoms with E-state index >= 15 is 0 Å². The Bertz CT molecular complexity index is 1060. The van der Waals surface area contributed by atoms with Gasteiger partial charge in [-0.25, -0.2) is 9.78 Å². The maximum absolute atomic E-state index is 11.9. The van der Waals surface area contributed by atoms with Gasteiger partial charge in [-0.15, -0.1) is 0 Å². The fraction of sp³-hybridized carbons (Fsp3) is 0.174. The molecule has 8 nitrogen and oxygen atoms in total. The van der Waals surface area contributed by atoms with Gasteiger partial charge in [-0.05, 0) is 54.7 Å². The van der Waals surface area contributed by atoms with Gasteiger partial charge in [0.2, 0.25) is 0 Å². The van der Waals surface area contributed by atoms with E-state index in [2.05, 4.69) is 25.9 Å². The van der Waals surface area contributed by atoms with Crippen molar-refractivity contribution in [3.05, 3.63) is 66.9 Å². The second kappa shape index (κ2) is 10.1. The van der Waals surface area contributed by atoms with Crippen LogP contribution in [0.2, 0.25) is 0 Å². The topological polar surface area (TPSA) is 115 Å². The molecule has 0 bridgehead atoms. The van der Waals surface area contributed by atoms with Crippen LogP contribution in [0.15, 0.2) is 71.9 Å². The van der Waals surface area contributed by atoms with Gasteiger partial charge in [0.15, 0.2) is 0 Å². The van der Waals surface area contributed by atoms with Crippen molar-refractivity contribution in [2.24, 2.45) is 10.7 Å². The van der Waals surface area contributed by atoms with E-state index in [0.29, 0.717) is 17.3 Å². The smallest absolute Gasteiger partial charge is 0.325 e. The number of nitrogens with zero attached hydrogens (tertiary/aromatic N) is 1. The number of carbonyl (C=O) groups excluding carboxylic acids is 1. The minimum absolute atomic E-state index is 0.0655. The molecule has 3 aromatic rings. The monoisotopic (exact) mass is 419 g/mol. The van der Waals surface area contributed by atoms with Crippen molar-refractivity contribution < 1.29 is 14.5 Å². The largest absolute Gasteiger partial charge is 0.495 e. The Hall–Kier alpha value is -4.07. The first-order valence-corrected chi connectivity index (χ1v) is 9.88. The number of guanidine groups is 1. The summed E-state index contributed by atoms with van der Waals surface area (Å²) in [4.78, 5) is 19.4. The fourth-order valence-corrected chi connectivity index (χ4v) is 2.92. The van der Waals surface area contributed by atoms with E-state index in [1.807, 2.05) is 80.7 Å². The summed E-state index contributed by atoms with van der Waals surface area (Å²) in [7, 11) is 1.60. The first kappa shape index (κ1) is 21.6. The summed E-state index contributed by atoms with van der Waals surface area (Å²) in [6, 6.07) is 18.7. The van der Waals surface area contributed by atoms with Crippen LogP contribution >= 0.6 is 0 Å². The molecule has 0 radical (unpaired) electrons. The number of methoxy groups -OCH3 is 1. The van der Waals surface area contributed by atoms with Crippen molar-refractivity contribution in [3.63, 3.8) is 0 Å². The molecule has 0 saturated carbocycles. The number of benzene rings is 2. The molecule has 0 fully saturated rings. The quantitative estimate of drug-likeness (QED) is 0.360. The van der Waals surface area contributed by atoms with Gasteiger partial charge >= 0.3 is 17.8 Å². The van der Waals surface area contributed by atoms with Crippen LogP contribution in [0.3, 0.4) is 0 Å². The third-order valence-corrected chi connectivity index (χ3v) is 4.28. The maximum Gasteiger partial charge on any atom is 0.325 e. The maximum atomic E-state index is 11.9. The Balaban J connectivity index is 1.70. The molecule has 2 aromatic carbocycles. The highest BCUT2D eigenvalue weighted by atomic mass is 16.5. The second-order valence-corrected chi connectivity index (χ2v) is 7.12. The Morgan fingerprint density at radius 3 is 2.55 bits per heavy atom. The minimum Gasteiger partial charge on any atom is -0.495 e. The zero-order chi connectivity index (χ0) is 22.2. The summed E-state index contributed by atoms with van der Waals surface area (Å²) in [6.45, 7) is 3.82. The standard InChI is InChI=1S/C23H26N6O2/c1-15(2)26-23(30)27-18-8-6-7-16(13-18)17-11-12-21(25-14-17)29-22(24)28-19-9-4-5-10-20(19)31-3/h4-15H,1-3H3,(H2,26,27,30)(H3,24,25,28,29)/p+1. The predicted octanol–water partition coefficient (Wildman–Crippen LogP) is 3.76. The lowest BCUT2D eigenvalue weighted by Crippen LogP contribution is -2.34. The molecule has 1 aromatic heterocycles. The number of pyridine rings is 1. The van der Waals surface area contributed by atoms with Crippen molar-refractivity contribution in [1.29, 1.82) is 0 Å². The molecular formula is C23H27N6O2+. The molecule has 6 N–H and O–H groups in total. The van der Waals surface area contributed by atoms with Gasteiger partial charge in [-0.2, -0.15) is 0 Å². The molecule has 160 valence electrons. The van der Waals surface area contributed by atoms with Gasteiger partial charge in [-0.3, -0.25) is 0 Å². The molecule has 0 aliphatic rings. The van der Waals surface area contributed by atoms with Gasteiger partial charge in [-0.1, -0.05) is 24.3 Å². The van der Waals surface area contributed by atoms with E-state index in [4.69, 9.17) is 10.5 Å². The average molecular weight is 420 g/mol. The number of aromatic nitrogens is 1. The van der Waals surface area contributed by atoms with Gasteiger partial charge in [0.1, 0.15) is 5.75 Å². The van der Waals surface area contributed by atoms with Crippen molar-refractivity contribution in [3.8, 4) is 16.9 Å². The molecule has 2 amide bonds. The minimum atomic E-state index is -0.235. The zero-order valence-electron chi connectivity index (χ0n) is 17.8. The molecule has 1 heterocycles. The number of urea groups is 1. The predicted molar refractivity (Wildman–Crippen MR) is 124 cm³/mol. The highest BCUT2D eigenvalue weighted by Gasteiger charge is 2.10. The Morgan fingerprint density at radius 1 is 1.03 bits per heavy atom. The number of para-hydroxylation sites is 2. The SMILES string of the molecule is COc1ccccc1NC(N)=Nc1ccc(-c2cccc(NC(=O)NC(C)C)c2)c[nH+]1. The molecule has 0 aliphatic heterocycles. The lowest BCUT2D eigenvalue weighted by molar-refractivity contribution is -0.361. The molecular weight excluding hydrogens is 392 g/mol. The number of amides is 2. The molecule has 3 rings (SSSR count). The summed E-state index contributed by atoms with van der Waals surface area (Å²) >= 11 is 0. The van der Waals surface area contributed by atoms with Crippen molar-refractivity contribution in [1.82, 2.24) is 5.32 Å². The third kappa shape index (κ3) is 6.20. The number of aliphatic imine (C=N–C) groups is 1. The van der Waals surface area contributed by atoms with Crippen molar-refractivity contribution in [2.75, 3.05) is 17.7 Å². The first-order valence-electron chi connectivity index (χ1n) is 9.88. The number of anilines is 2. The zero-order valence-corrected chi connectivity index (χ0v) is 17.8. The van der Waals surface area contributed by atoms with E-state index in [1.165, 1.54) is 0 Å². The summed E-state index contributed by atoms with van der Waals surface area (Å²) < 4.78 is 5.30. The molecule has 0 aliphatic carbocycles. The van der Waals surface area contributed by atoms with Crippen LogP contribution in [0.25, 0.3) is 11.1 Å². The number of hydrogen-bond donors (Lipinski definition) is 4. The number of hydrogen-bond acceptors (Lipinski definition) is 3. The van der Waals surface area contributed by atoms with Crippen LogP contribution in [-0.4, -0.2) is 25.1 Å². The first-order chi connectivity index (χ1) is 14.9. The highest BCUT2D eigenvalue weighted by Crippen LogP contribution is 2.24. The molecule has 0 atom stereocenters. The number of H-pyrrole nitrogens is 1. The second-order valence-electron chi connectivity index (χ2n) is 7.12. The van der Waals surface area contributed by atoms with E-state index in [-0.39, 0.29) is 18.0 Å². The summed E-state index contributed by atoms with van der Waals surface area (Å²) in [5, 5.41) is 8.67. The Kier molecular flexibility index (Phi) is 7.05. The molecule has 8 heteroatoms. The summed E-state index contributed by atoms with van der Waals surface area (Å²) in [5.74, 6) is 1.50. The number of carbonyl (C=O) groups is 1. The van der Waals surface area contributed by atoms with Gasteiger partial charge in [0.25, 0.3) is 0 Å². The average Bonchev–Trinajstić information content (AvgIpc) is 2.74. The van der Waals surface area contributed by atoms with E-state index in [1.54, 1.807) is 7.11 Å². The lowest BCUT2D eigenvalue weighted by Gasteiger charge is -2.11. The van der Waals surface area contributed by atoms with Crippen LogP contribution in [0.5, 0.6) is 5.75 Å². The Morgan fingerprint density at radius 2 is 1.84 bits per heavy atom. The van der Waals surface area contributed by atoms with Crippen LogP contribution in [0, 0.1) is 0 Å². The Labute approximate surface area is 181 Å². The highest BCUT2D eigenvalue weighted by molar-refractivity contribution is 5.95. The van der Waals surface area contributed by atoms with Crippen LogP contribution in [-0.2, 0) is 0 Å². The number of nitrogens with one attached hydrogen (secondary N) is 4. The van der Waals surface area contributed by atoms with Gasteiger partial charge in [0, 0.05) is 23.4 Å². The normalized spacial score (nSPS) is 11.2. The van der Waals surface area contributed by atoms with Crippen LogP contribution < -0.4 is 31.4 Å². The van der Waals surface area contributed by atoms with E-state index in [0.717, 1.165) is 16.8 Å². The van der Waals surface area contributed by atoms with Crippen LogP contribution in [0.1, 0.15) is 13.8 Å². The molecule has 31 heavy (non-hydrogen) atoms. The number of nitrogens with two attached hydrogens (primary N) is 1. The lowest BCUT2D eigenvalue weighted by atomic mass is 10.1. The van der Waals surface area contributed by atoms with Gasteiger partial charge in [0.05, 0.1) is 19.0 Å². The number of ether oxygens (including phenoxy) is 1. The van der Waals surface area contributed by atoms with Gasteiger partial charge < -0.3 is 26.4 Å². The molecule has 0 saturated heterocycles. The number of aromatic amines is 1. The fourth-order valence-electron chi connectivity index (χ4n) is 2.92. The number of rotatable bonds is 6. The van der Waals surface area contributed by atoms with E-state index in [9.17, 15) is 4.79 Å². The molecule has 0 spiro atoms. The van der Waals surface area contributed by atoms with Crippen molar-refractivity contribution >= 4 is 29.2 Å². The summed E-state index contributed by atoms with van der Waals surface area (Å²) in [6.07, 6.45) is 1.84. The summed E-state index contributed by atoms with van der Waals surface area (Å²) in [5.41, 5.74) is 9.37. The van der Waals surface area contributed by atoms with E-state index < -0.39 is 0 Å². The molecule has 0 unspecified atom stereocenters. The van der Waals surface area contributed by atoms with Crippen LogP contribution in [0.4, 0.5) is 22.0 Å². The van der Waals surface area contributed by atoms with Crippen molar-refractivity contribution in [2.45, 2.75) is 19.9 Å². The third-order valence-electron chi connectivity index (χ3n) is 4.28.